The lowest BCUT2D eigenvalue weighted by Gasteiger charge is -2.37. The number of methoxy groups -OCH3 is 3. The highest BCUT2D eigenvalue weighted by Crippen LogP contribution is 2.32. The van der Waals surface area contributed by atoms with Crippen molar-refractivity contribution in [3.8, 4) is 0 Å². The summed E-state index contributed by atoms with van der Waals surface area (Å²) in [5.41, 5.74) is 13.7. The minimum absolute atomic E-state index is 0.135. The molecule has 6 fully saturated rings. The third-order valence-electron chi connectivity index (χ3n) is 22.0. The zero-order valence-corrected chi connectivity index (χ0v) is 68.9. The average molecular weight is 1500 g/mol. The molecule has 6 aromatic rings. The van der Waals surface area contributed by atoms with Crippen molar-refractivity contribution in [1.82, 2.24) is 29.9 Å². The Kier molecular flexibility index (Phi) is 36.4. The second kappa shape index (κ2) is 44.4. The first kappa shape index (κ1) is 88.6. The van der Waals surface area contributed by atoms with Crippen LogP contribution in [0, 0.1) is 17.8 Å². The molecule has 0 amide bonds. The van der Waals surface area contributed by atoms with Crippen molar-refractivity contribution in [1.29, 1.82) is 0 Å². The molecule has 6 aliphatic rings. The molecule has 0 bridgehead atoms. The SMILES string of the molecule is CC(C)c1ccc(N2CCC(O)CC2C)cn1.CC(C)c1ccc(N2CC[C@@H](O)C[C@H]2C)cn1.CC(C)c1ccc(N2CC[C@H](O)C[C@@H]2C)cn1.COC[C@@H]1CN(c2ccc(C(C)C)nc2)CC[C@@H]1O.COC[C@@H]1CN(c2ccc(C(C)C)nc2)CC[C@H]1O.COC[C@H]1CN(c2ccc(C(C)C)nc2)CC[C@@H]1O. The fourth-order valence-corrected chi connectivity index (χ4v) is 15.0. The van der Waals surface area contributed by atoms with Gasteiger partial charge in [-0.15, -0.1) is 0 Å². The molecule has 2 unspecified atom stereocenters. The van der Waals surface area contributed by atoms with Crippen LogP contribution in [-0.4, -0.2) is 215 Å². The number of hydrogen-bond donors (Lipinski definition) is 6. The molecular weight excluding hydrogens is 1360 g/mol. The number of pyridine rings is 6. The fourth-order valence-electron chi connectivity index (χ4n) is 15.0. The van der Waals surface area contributed by atoms with Crippen LogP contribution in [0.25, 0.3) is 0 Å². The van der Waals surface area contributed by atoms with Crippen LogP contribution in [0.3, 0.4) is 0 Å². The van der Waals surface area contributed by atoms with Crippen molar-refractivity contribution in [2.45, 2.75) is 252 Å². The Labute approximate surface area is 648 Å². The molecule has 0 saturated carbocycles. The zero-order chi connectivity index (χ0) is 78.7. The molecule has 6 N–H and O–H groups in total. The molecule has 108 heavy (non-hydrogen) atoms. The number of anilines is 6. The molecule has 12 rings (SSSR count). The normalized spacial score (nSPS) is 24.6. The maximum absolute atomic E-state index is 9.96. The van der Waals surface area contributed by atoms with Crippen LogP contribution in [0.4, 0.5) is 34.1 Å². The summed E-state index contributed by atoms with van der Waals surface area (Å²) in [6.07, 6.45) is 18.1. The van der Waals surface area contributed by atoms with Crippen molar-refractivity contribution >= 4 is 34.1 Å². The van der Waals surface area contributed by atoms with Gasteiger partial charge in [-0.05, 0) is 187 Å². The molecule has 0 radical (unpaired) electrons. The van der Waals surface area contributed by atoms with Crippen LogP contribution in [0.1, 0.15) is 231 Å². The third-order valence-corrected chi connectivity index (χ3v) is 22.0. The minimum Gasteiger partial charge on any atom is -0.393 e. The van der Waals surface area contributed by atoms with Gasteiger partial charge < -0.3 is 74.2 Å². The van der Waals surface area contributed by atoms with Crippen LogP contribution in [0.2, 0.25) is 0 Å². The van der Waals surface area contributed by atoms with Gasteiger partial charge in [0.15, 0.2) is 0 Å². The van der Waals surface area contributed by atoms with E-state index in [4.69, 9.17) is 14.2 Å². The van der Waals surface area contributed by atoms with Crippen LogP contribution in [0.15, 0.2) is 110 Å². The molecule has 12 atom stereocenters. The lowest BCUT2D eigenvalue weighted by Crippen LogP contribution is -2.45. The summed E-state index contributed by atoms with van der Waals surface area (Å²) in [6.45, 7) is 42.0. The largest absolute Gasteiger partial charge is 0.393 e. The Morgan fingerprint density at radius 3 is 0.676 bits per heavy atom. The zero-order valence-electron chi connectivity index (χ0n) is 68.9. The van der Waals surface area contributed by atoms with E-state index in [2.05, 4.69) is 236 Å². The van der Waals surface area contributed by atoms with Gasteiger partial charge in [-0.25, -0.2) is 0 Å². The van der Waals surface area contributed by atoms with Crippen molar-refractivity contribution in [2.24, 2.45) is 17.8 Å². The van der Waals surface area contributed by atoms with E-state index in [-0.39, 0.29) is 54.4 Å². The van der Waals surface area contributed by atoms with E-state index in [1.54, 1.807) is 21.3 Å². The number of rotatable bonds is 18. The Morgan fingerprint density at radius 2 is 0.509 bits per heavy atom. The number of aromatic nitrogens is 6. The topological polar surface area (TPSA) is 246 Å². The average Bonchev–Trinajstić information content (AvgIpc) is 0.854. The number of aliphatic hydroxyl groups is 6. The second-order valence-corrected chi connectivity index (χ2v) is 32.8. The summed E-state index contributed by atoms with van der Waals surface area (Å²) >= 11 is 0. The molecule has 600 valence electrons. The van der Waals surface area contributed by atoms with Gasteiger partial charge in [0.25, 0.3) is 0 Å². The van der Waals surface area contributed by atoms with E-state index >= 15 is 0 Å². The maximum atomic E-state index is 9.96. The summed E-state index contributed by atoms with van der Waals surface area (Å²) in [4.78, 5) is 40.9. The summed E-state index contributed by atoms with van der Waals surface area (Å²) in [5, 5.41) is 58.7. The molecule has 0 spiro atoms. The molecule has 0 aromatic carbocycles. The van der Waals surface area contributed by atoms with Gasteiger partial charge in [0.05, 0.1) is 128 Å². The predicted molar refractivity (Wildman–Crippen MR) is 441 cm³/mol. The molecule has 12 heterocycles. The summed E-state index contributed by atoms with van der Waals surface area (Å²) < 4.78 is 15.6. The van der Waals surface area contributed by atoms with E-state index in [1.807, 2.05) is 37.2 Å². The second-order valence-electron chi connectivity index (χ2n) is 32.8. The fraction of sp³-hybridized carbons (Fsp3) is 0.655. The Hall–Kier alpha value is -6.66. The van der Waals surface area contributed by atoms with Crippen molar-refractivity contribution < 1.29 is 44.8 Å². The summed E-state index contributed by atoms with van der Waals surface area (Å²) in [6, 6.07) is 26.6. The highest BCUT2D eigenvalue weighted by molar-refractivity contribution is 5.50. The molecule has 6 aromatic heterocycles. The number of ether oxygens (including phenoxy) is 3. The quantitative estimate of drug-likeness (QED) is 0.0468. The molecule has 6 aliphatic heterocycles. The van der Waals surface area contributed by atoms with E-state index in [9.17, 15) is 30.6 Å². The summed E-state index contributed by atoms with van der Waals surface area (Å²) in [7, 11) is 5.06. The number of hydrogen-bond acceptors (Lipinski definition) is 21. The third kappa shape index (κ3) is 27.1. The van der Waals surface area contributed by atoms with Crippen LogP contribution < -0.4 is 29.4 Å². The molecule has 0 aliphatic carbocycles. The minimum atomic E-state index is -0.251. The monoisotopic (exact) mass is 1500 g/mol. The lowest BCUT2D eigenvalue weighted by atomic mass is 9.95. The number of aliphatic hydroxyl groups excluding tert-OH is 6. The highest BCUT2D eigenvalue weighted by atomic mass is 16.5. The van der Waals surface area contributed by atoms with Gasteiger partial charge in [0.1, 0.15) is 0 Å². The van der Waals surface area contributed by atoms with Gasteiger partial charge in [0.2, 0.25) is 0 Å². The lowest BCUT2D eigenvalue weighted by molar-refractivity contribution is 0.0357. The van der Waals surface area contributed by atoms with Crippen LogP contribution >= 0.6 is 0 Å². The first-order chi connectivity index (χ1) is 51.6. The summed E-state index contributed by atoms with van der Waals surface area (Å²) in [5.74, 6) is 3.35. The Balaban J connectivity index is 0.000000181. The van der Waals surface area contributed by atoms with Crippen LogP contribution in [0.5, 0.6) is 0 Å². The molecule has 6 saturated heterocycles. The van der Waals surface area contributed by atoms with Gasteiger partial charge in [-0.2, -0.15) is 0 Å². The van der Waals surface area contributed by atoms with E-state index in [0.29, 0.717) is 73.5 Å². The van der Waals surface area contributed by atoms with Gasteiger partial charge >= 0.3 is 0 Å². The van der Waals surface area contributed by atoms with Gasteiger partial charge in [0, 0.05) is 150 Å². The smallest absolute Gasteiger partial charge is 0.0624 e. The predicted octanol–water partition coefficient (Wildman–Crippen LogP) is 13.8. The molecule has 21 heteroatoms. The first-order valence-electron chi connectivity index (χ1n) is 40.4. The number of nitrogens with zero attached hydrogens (tertiary/aromatic N) is 12. The molecular formula is C87H138N12O9. The van der Waals surface area contributed by atoms with Crippen molar-refractivity contribution in [2.75, 3.05) is 129 Å². The molecule has 21 nitrogen and oxygen atoms in total. The highest BCUT2D eigenvalue weighted by Gasteiger charge is 2.32. The van der Waals surface area contributed by atoms with E-state index in [1.165, 1.54) is 17.1 Å². The van der Waals surface area contributed by atoms with E-state index < -0.39 is 0 Å². The van der Waals surface area contributed by atoms with Crippen molar-refractivity contribution in [3.05, 3.63) is 144 Å². The number of piperidine rings is 6. The van der Waals surface area contributed by atoms with Crippen molar-refractivity contribution in [3.63, 3.8) is 0 Å². The van der Waals surface area contributed by atoms with Crippen LogP contribution in [-0.2, 0) is 14.2 Å². The van der Waals surface area contributed by atoms with Gasteiger partial charge in [-0.3, -0.25) is 29.9 Å². The Bertz CT molecular complexity index is 3070. The Morgan fingerprint density at radius 1 is 0.306 bits per heavy atom. The standard InChI is InChI=1S/3C15H24N2O2.3C14H22N2O/c3*1-11(2)14-5-4-13(8-16-14)17-7-6-15(18)12(9-17)10-19-3;3*1-10(2)14-5-4-12(9-15-14)16-7-6-13(17)8-11(16)3/h3*4-5,8,11-12,15,18H,6-7,9-10H2,1-3H3;3*4-5,9-11,13,17H,6-8H2,1-3H3/t2*12-,15+;12-,15-;2*11-,13-;/m10010./s1. The van der Waals surface area contributed by atoms with Gasteiger partial charge in [-0.1, -0.05) is 83.1 Å². The maximum Gasteiger partial charge on any atom is 0.0624 e. The first-order valence-corrected chi connectivity index (χ1v) is 40.4. The van der Waals surface area contributed by atoms with E-state index in [0.717, 1.165) is 168 Å².